The number of nitrogens with two attached hydrogens (primary N) is 1. The van der Waals surface area contributed by atoms with Gasteiger partial charge in [0.2, 0.25) is 0 Å². The van der Waals surface area contributed by atoms with E-state index in [1.165, 1.54) is 11.6 Å². The van der Waals surface area contributed by atoms with E-state index in [2.05, 4.69) is 22.9 Å². The Morgan fingerprint density at radius 1 is 1.10 bits per heavy atom. The van der Waals surface area contributed by atoms with Crippen molar-refractivity contribution < 1.29 is 8.78 Å². The number of hydrogen-bond donors (Lipinski definition) is 1. The summed E-state index contributed by atoms with van der Waals surface area (Å²) in [6.07, 6.45) is 2.10. The van der Waals surface area contributed by atoms with Crippen molar-refractivity contribution in [3.8, 4) is 0 Å². The van der Waals surface area contributed by atoms with Gasteiger partial charge in [-0.25, -0.2) is 8.78 Å². The van der Waals surface area contributed by atoms with Crippen molar-refractivity contribution in [2.75, 3.05) is 0 Å². The summed E-state index contributed by atoms with van der Waals surface area (Å²) in [7, 11) is 0. The van der Waals surface area contributed by atoms with Gasteiger partial charge in [-0.2, -0.15) is 0 Å². The van der Waals surface area contributed by atoms with Crippen LogP contribution in [0.2, 0.25) is 0 Å². The molecule has 0 spiro atoms. The standard InChI is InChI=1S/C16H16BrF2N/c1-2-3-10-4-6-11(7-5-10)16(20)12-8-9-13(18)15(19)14(12)17/h4-9,16H,2-3,20H2,1H3. The van der Waals surface area contributed by atoms with Gasteiger partial charge in [0.05, 0.1) is 10.5 Å². The lowest BCUT2D eigenvalue weighted by Crippen LogP contribution is -2.13. The summed E-state index contributed by atoms with van der Waals surface area (Å²) < 4.78 is 26.8. The van der Waals surface area contributed by atoms with Gasteiger partial charge in [0.15, 0.2) is 11.6 Å². The molecule has 2 aromatic carbocycles. The summed E-state index contributed by atoms with van der Waals surface area (Å²) in [5.41, 5.74) is 8.79. The van der Waals surface area contributed by atoms with E-state index >= 15 is 0 Å². The van der Waals surface area contributed by atoms with Crippen molar-refractivity contribution in [3.05, 3.63) is 69.2 Å². The third kappa shape index (κ3) is 3.07. The third-order valence-electron chi connectivity index (χ3n) is 3.28. The molecule has 2 aromatic rings. The predicted molar refractivity (Wildman–Crippen MR) is 80.5 cm³/mol. The van der Waals surface area contributed by atoms with Gasteiger partial charge in [-0.05, 0) is 45.1 Å². The smallest absolute Gasteiger partial charge is 0.173 e. The Hall–Kier alpha value is -1.26. The molecule has 0 aromatic heterocycles. The lowest BCUT2D eigenvalue weighted by atomic mass is 9.97. The maximum Gasteiger partial charge on any atom is 0.173 e. The van der Waals surface area contributed by atoms with E-state index in [0.717, 1.165) is 24.5 Å². The maximum absolute atomic E-state index is 13.6. The second-order valence-corrected chi connectivity index (χ2v) is 5.53. The van der Waals surface area contributed by atoms with E-state index in [-0.39, 0.29) is 4.47 Å². The Morgan fingerprint density at radius 2 is 1.75 bits per heavy atom. The molecule has 0 saturated heterocycles. The zero-order valence-corrected chi connectivity index (χ0v) is 12.8. The number of rotatable bonds is 4. The van der Waals surface area contributed by atoms with Gasteiger partial charge in [-0.1, -0.05) is 43.7 Å². The van der Waals surface area contributed by atoms with Crippen LogP contribution in [-0.2, 0) is 6.42 Å². The fourth-order valence-corrected chi connectivity index (χ4v) is 2.71. The van der Waals surface area contributed by atoms with Gasteiger partial charge in [0.1, 0.15) is 0 Å². The summed E-state index contributed by atoms with van der Waals surface area (Å²) >= 11 is 3.07. The van der Waals surface area contributed by atoms with Crippen molar-refractivity contribution in [1.82, 2.24) is 0 Å². The molecule has 0 heterocycles. The predicted octanol–water partition coefficient (Wildman–Crippen LogP) is 4.73. The van der Waals surface area contributed by atoms with Gasteiger partial charge in [-0.3, -0.25) is 0 Å². The van der Waals surface area contributed by atoms with Gasteiger partial charge < -0.3 is 5.73 Å². The molecule has 0 aliphatic heterocycles. The molecule has 1 atom stereocenters. The number of benzene rings is 2. The molecule has 0 fully saturated rings. The molecule has 0 saturated carbocycles. The zero-order chi connectivity index (χ0) is 14.7. The van der Waals surface area contributed by atoms with Gasteiger partial charge in [0, 0.05) is 0 Å². The molecule has 1 unspecified atom stereocenters. The molecule has 0 aliphatic carbocycles. The average Bonchev–Trinajstić information content (AvgIpc) is 2.45. The summed E-state index contributed by atoms with van der Waals surface area (Å²) in [6.45, 7) is 2.12. The second-order valence-electron chi connectivity index (χ2n) is 4.73. The monoisotopic (exact) mass is 339 g/mol. The molecule has 20 heavy (non-hydrogen) atoms. The van der Waals surface area contributed by atoms with Crippen LogP contribution in [0.1, 0.15) is 36.1 Å². The normalized spacial score (nSPS) is 12.4. The Balaban J connectivity index is 2.31. The van der Waals surface area contributed by atoms with Gasteiger partial charge in [0.25, 0.3) is 0 Å². The number of aryl methyl sites for hydroxylation is 1. The molecule has 0 aliphatic rings. The first kappa shape index (κ1) is 15.1. The first-order valence-corrected chi connectivity index (χ1v) is 7.31. The lowest BCUT2D eigenvalue weighted by Gasteiger charge is -2.15. The fraction of sp³-hybridized carbons (Fsp3) is 0.250. The van der Waals surface area contributed by atoms with Crippen LogP contribution in [0.15, 0.2) is 40.9 Å². The topological polar surface area (TPSA) is 26.0 Å². The van der Waals surface area contributed by atoms with Gasteiger partial charge in [-0.15, -0.1) is 0 Å². The van der Waals surface area contributed by atoms with Crippen LogP contribution >= 0.6 is 15.9 Å². The van der Waals surface area contributed by atoms with Crippen molar-refractivity contribution in [2.24, 2.45) is 5.73 Å². The quantitative estimate of drug-likeness (QED) is 0.800. The van der Waals surface area contributed by atoms with E-state index < -0.39 is 17.7 Å². The van der Waals surface area contributed by atoms with Crippen LogP contribution < -0.4 is 5.73 Å². The fourth-order valence-electron chi connectivity index (χ4n) is 2.14. The molecule has 2 rings (SSSR count). The SMILES string of the molecule is CCCc1ccc(C(N)c2ccc(F)c(F)c2Br)cc1. The summed E-state index contributed by atoms with van der Waals surface area (Å²) in [6, 6.07) is 10.0. The molecule has 4 heteroatoms. The molecule has 0 amide bonds. The van der Waals surface area contributed by atoms with Crippen LogP contribution in [0.3, 0.4) is 0 Å². The van der Waals surface area contributed by atoms with E-state index in [9.17, 15) is 8.78 Å². The Kier molecular flexibility index (Phi) is 4.89. The summed E-state index contributed by atoms with van der Waals surface area (Å²) in [4.78, 5) is 0. The highest BCUT2D eigenvalue weighted by Crippen LogP contribution is 2.30. The van der Waals surface area contributed by atoms with Crippen LogP contribution in [0.25, 0.3) is 0 Å². The largest absolute Gasteiger partial charge is 0.320 e. The van der Waals surface area contributed by atoms with Crippen molar-refractivity contribution in [2.45, 2.75) is 25.8 Å². The van der Waals surface area contributed by atoms with Crippen LogP contribution in [0.4, 0.5) is 8.78 Å². The highest BCUT2D eigenvalue weighted by molar-refractivity contribution is 9.10. The van der Waals surface area contributed by atoms with E-state index in [0.29, 0.717) is 5.56 Å². The number of halogens is 3. The Labute approximate surface area is 125 Å². The average molecular weight is 340 g/mol. The summed E-state index contributed by atoms with van der Waals surface area (Å²) in [5, 5.41) is 0. The highest BCUT2D eigenvalue weighted by atomic mass is 79.9. The second kappa shape index (κ2) is 6.46. The van der Waals surface area contributed by atoms with E-state index in [1.54, 1.807) is 0 Å². The molecule has 0 radical (unpaired) electrons. The van der Waals surface area contributed by atoms with E-state index in [4.69, 9.17) is 5.73 Å². The van der Waals surface area contributed by atoms with Gasteiger partial charge >= 0.3 is 0 Å². The first-order valence-electron chi connectivity index (χ1n) is 6.52. The molecule has 0 bridgehead atoms. The minimum absolute atomic E-state index is 0.0858. The Bertz CT molecular complexity index is 596. The summed E-state index contributed by atoms with van der Waals surface area (Å²) in [5.74, 6) is -1.79. The first-order chi connectivity index (χ1) is 9.54. The van der Waals surface area contributed by atoms with Crippen LogP contribution in [-0.4, -0.2) is 0 Å². The van der Waals surface area contributed by atoms with Crippen molar-refractivity contribution >= 4 is 15.9 Å². The molecule has 1 nitrogen and oxygen atoms in total. The zero-order valence-electron chi connectivity index (χ0n) is 11.2. The lowest BCUT2D eigenvalue weighted by molar-refractivity contribution is 0.501. The molecule has 106 valence electrons. The molecular formula is C16H16BrF2N. The Morgan fingerprint density at radius 3 is 2.35 bits per heavy atom. The van der Waals surface area contributed by atoms with Crippen molar-refractivity contribution in [1.29, 1.82) is 0 Å². The highest BCUT2D eigenvalue weighted by Gasteiger charge is 2.17. The minimum Gasteiger partial charge on any atom is -0.320 e. The van der Waals surface area contributed by atoms with Crippen LogP contribution in [0.5, 0.6) is 0 Å². The van der Waals surface area contributed by atoms with Crippen LogP contribution in [0, 0.1) is 11.6 Å². The number of hydrogen-bond acceptors (Lipinski definition) is 1. The van der Waals surface area contributed by atoms with Crippen molar-refractivity contribution in [3.63, 3.8) is 0 Å². The minimum atomic E-state index is -0.902. The third-order valence-corrected chi connectivity index (χ3v) is 4.08. The molecule has 2 N–H and O–H groups in total. The maximum atomic E-state index is 13.6. The van der Waals surface area contributed by atoms with E-state index in [1.807, 2.05) is 24.3 Å². The molecular weight excluding hydrogens is 324 g/mol.